The van der Waals surface area contributed by atoms with Crippen molar-refractivity contribution in [1.29, 1.82) is 0 Å². The summed E-state index contributed by atoms with van der Waals surface area (Å²) in [4.78, 5) is 75.2. The van der Waals surface area contributed by atoms with E-state index in [1.54, 1.807) is 17.8 Å². The number of para-hydroxylation sites is 1. The number of carbonyl (C=O) groups is 5. The number of anilines is 1. The zero-order valence-corrected chi connectivity index (χ0v) is 28.0. The summed E-state index contributed by atoms with van der Waals surface area (Å²) in [6.45, 7) is 3.06. The highest BCUT2D eigenvalue weighted by Gasteiger charge is 2.48. The topological polar surface area (TPSA) is 187 Å². The highest BCUT2D eigenvalue weighted by Crippen LogP contribution is 2.49. The molecule has 5 heterocycles. The fourth-order valence-electron chi connectivity index (χ4n) is 6.29. The van der Waals surface area contributed by atoms with Crippen molar-refractivity contribution in [3.63, 3.8) is 0 Å². The van der Waals surface area contributed by atoms with Gasteiger partial charge in [-0.2, -0.15) is 5.10 Å². The molecule has 2 aromatic heterocycles. The lowest BCUT2D eigenvalue weighted by Crippen LogP contribution is -2.47. The van der Waals surface area contributed by atoms with Gasteiger partial charge in [0.15, 0.2) is 22.8 Å². The molecule has 16 heteroatoms. The number of aryl methyl sites for hydroxylation is 2. The summed E-state index contributed by atoms with van der Waals surface area (Å²) >= 11 is 0. The number of nitrogens with one attached hydrogen (secondary N) is 1. The molecule has 0 spiro atoms. The number of esters is 3. The zero-order valence-electron chi connectivity index (χ0n) is 28.0. The highest BCUT2D eigenvalue weighted by atomic mass is 16.6. The van der Waals surface area contributed by atoms with E-state index in [9.17, 15) is 29.1 Å². The van der Waals surface area contributed by atoms with Gasteiger partial charge in [0.2, 0.25) is 11.9 Å². The summed E-state index contributed by atoms with van der Waals surface area (Å²) < 4.78 is 19.9. The molecule has 0 aliphatic carbocycles. The number of likely N-dealkylation sites (N-methyl/N-ethyl adjacent to an activating group) is 1. The number of aliphatic hydroxyl groups is 1. The normalized spacial score (nSPS) is 19.0. The highest BCUT2D eigenvalue weighted by molar-refractivity contribution is 6.10. The summed E-state index contributed by atoms with van der Waals surface area (Å²) in [5.74, 6) is -4.91. The molecule has 1 fully saturated rings. The Labute approximate surface area is 291 Å². The smallest absolute Gasteiger partial charge is 0.344 e. The van der Waals surface area contributed by atoms with Crippen LogP contribution in [0.25, 0.3) is 16.8 Å². The summed E-state index contributed by atoms with van der Waals surface area (Å²) in [5, 5.41) is 18.0. The first-order chi connectivity index (χ1) is 24.5. The first-order valence-corrected chi connectivity index (χ1v) is 16.4. The Kier molecular flexibility index (Phi) is 8.86. The van der Waals surface area contributed by atoms with E-state index in [-0.39, 0.29) is 45.8 Å². The van der Waals surface area contributed by atoms with Crippen LogP contribution in [0.3, 0.4) is 0 Å². The number of rotatable bonds is 8. The lowest BCUT2D eigenvalue weighted by atomic mass is 9.95. The molecule has 2 aromatic carbocycles. The molecule has 16 nitrogen and oxygen atoms in total. The van der Waals surface area contributed by atoms with Crippen LogP contribution in [0.5, 0.6) is 17.2 Å². The van der Waals surface area contributed by atoms with Crippen molar-refractivity contribution >= 4 is 35.7 Å². The minimum atomic E-state index is -2.57. The Morgan fingerprint density at radius 3 is 2.37 bits per heavy atom. The predicted octanol–water partition coefficient (Wildman–Crippen LogP) is 1.88. The van der Waals surface area contributed by atoms with Gasteiger partial charge in [-0.05, 0) is 32.0 Å². The van der Waals surface area contributed by atoms with Crippen molar-refractivity contribution in [3.8, 4) is 34.1 Å². The van der Waals surface area contributed by atoms with Crippen LogP contribution in [0.2, 0.25) is 0 Å². The van der Waals surface area contributed by atoms with Crippen LogP contribution < -0.4 is 19.5 Å². The van der Waals surface area contributed by atoms with Gasteiger partial charge in [0.25, 0.3) is 5.91 Å². The quantitative estimate of drug-likeness (QED) is 0.201. The second-order valence-corrected chi connectivity index (χ2v) is 12.8. The molecule has 51 heavy (non-hydrogen) atoms. The monoisotopic (exact) mass is 697 g/mol. The van der Waals surface area contributed by atoms with Crippen molar-refractivity contribution in [2.24, 2.45) is 7.05 Å². The number of piperazine rings is 1. The fourth-order valence-corrected chi connectivity index (χ4v) is 6.29. The average Bonchev–Trinajstić information content (AvgIpc) is 3.70. The van der Waals surface area contributed by atoms with Crippen LogP contribution in [0.15, 0.2) is 55.0 Å². The van der Waals surface area contributed by atoms with E-state index in [0.717, 1.165) is 19.2 Å². The van der Waals surface area contributed by atoms with Crippen LogP contribution in [0, 0.1) is 0 Å². The van der Waals surface area contributed by atoms with Crippen molar-refractivity contribution in [3.05, 3.63) is 66.2 Å². The van der Waals surface area contributed by atoms with Crippen LogP contribution in [0.1, 0.15) is 41.7 Å². The number of fused-ring (bicyclic) bond motifs is 3. The lowest BCUT2D eigenvalue weighted by Gasteiger charge is -2.32. The maximum absolute atomic E-state index is 14.3. The molecule has 7 rings (SSSR count). The molecule has 1 saturated heterocycles. The number of imidazole rings is 1. The van der Waals surface area contributed by atoms with Gasteiger partial charge >= 0.3 is 17.9 Å². The van der Waals surface area contributed by atoms with Gasteiger partial charge in [-0.15, -0.1) is 0 Å². The van der Waals surface area contributed by atoms with Gasteiger partial charge in [0.05, 0.1) is 35.9 Å². The molecule has 3 bridgehead atoms. The van der Waals surface area contributed by atoms with Gasteiger partial charge in [0, 0.05) is 69.4 Å². The Balaban J connectivity index is 1.24. The van der Waals surface area contributed by atoms with Gasteiger partial charge in [-0.25, -0.2) is 9.78 Å². The third-order valence-electron chi connectivity index (χ3n) is 9.02. The number of hydrogen-bond donors (Lipinski definition) is 2. The number of amides is 2. The summed E-state index contributed by atoms with van der Waals surface area (Å²) in [6.07, 6.45) is 4.20. The van der Waals surface area contributed by atoms with Crippen LogP contribution in [-0.2, 0) is 32.6 Å². The number of nitrogens with zero attached hydrogens (tertiary/aromatic N) is 6. The molecule has 3 aliphatic heterocycles. The molecule has 1 unspecified atom stereocenters. The third kappa shape index (κ3) is 6.82. The van der Waals surface area contributed by atoms with Crippen LogP contribution in [0.4, 0.5) is 5.95 Å². The van der Waals surface area contributed by atoms with E-state index >= 15 is 0 Å². The van der Waals surface area contributed by atoms with E-state index < -0.39 is 42.3 Å². The maximum atomic E-state index is 14.3. The summed E-state index contributed by atoms with van der Waals surface area (Å²) in [6, 6.07) is 10.3. The van der Waals surface area contributed by atoms with E-state index in [0.29, 0.717) is 43.7 Å². The van der Waals surface area contributed by atoms with Crippen molar-refractivity contribution in [2.45, 2.75) is 37.7 Å². The minimum absolute atomic E-state index is 0.0662. The molecule has 4 aromatic rings. The predicted molar refractivity (Wildman–Crippen MR) is 178 cm³/mol. The van der Waals surface area contributed by atoms with E-state index in [2.05, 4.69) is 15.3 Å². The maximum Gasteiger partial charge on any atom is 0.344 e. The van der Waals surface area contributed by atoms with Crippen molar-refractivity contribution in [2.75, 3.05) is 38.5 Å². The second-order valence-electron chi connectivity index (χ2n) is 12.8. The van der Waals surface area contributed by atoms with Gasteiger partial charge in [0.1, 0.15) is 0 Å². The molecule has 3 aliphatic rings. The van der Waals surface area contributed by atoms with Gasteiger partial charge < -0.3 is 29.1 Å². The minimum Gasteiger partial charge on any atom is -0.425 e. The van der Waals surface area contributed by atoms with Crippen molar-refractivity contribution in [1.82, 2.24) is 29.1 Å². The van der Waals surface area contributed by atoms with Crippen LogP contribution >= 0.6 is 0 Å². The Hall–Kier alpha value is -5.87. The largest absolute Gasteiger partial charge is 0.425 e. The van der Waals surface area contributed by atoms with Gasteiger partial charge in [-0.3, -0.25) is 33.7 Å². The summed E-state index contributed by atoms with van der Waals surface area (Å²) in [7, 11) is 3.66. The number of carbonyl (C=O) groups excluding carboxylic acids is 5. The SMILES string of the molecule is CN1CCN(C(=O)CCCc2cn(-c3ccccc3)c(NC(=O)c3cc4c5c(-c6cnn(C)c6)c3OC(=O)CC(O)(CC(=O)O4)C(=O)O5)n2)CC1. The Bertz CT molecular complexity index is 2050. The molecular formula is C35H35N7O9. The molecule has 2 N–H and O–H groups in total. The van der Waals surface area contributed by atoms with Gasteiger partial charge in [-0.1, -0.05) is 18.2 Å². The first kappa shape index (κ1) is 33.6. The fraction of sp³-hybridized carbons (Fsp3) is 0.343. The molecule has 2 amide bonds. The Morgan fingerprint density at radius 1 is 0.941 bits per heavy atom. The third-order valence-corrected chi connectivity index (χ3v) is 9.02. The van der Waals surface area contributed by atoms with E-state index in [1.807, 2.05) is 42.3 Å². The van der Waals surface area contributed by atoms with E-state index in [4.69, 9.17) is 19.2 Å². The summed E-state index contributed by atoms with van der Waals surface area (Å²) in [5.41, 5.74) is -1.31. The molecule has 0 radical (unpaired) electrons. The number of ether oxygens (including phenoxy) is 3. The number of benzene rings is 2. The van der Waals surface area contributed by atoms with Crippen LogP contribution in [-0.4, -0.2) is 103 Å². The second kappa shape index (κ2) is 13.4. The molecule has 0 saturated carbocycles. The number of hydrogen-bond acceptors (Lipinski definition) is 12. The molecular weight excluding hydrogens is 662 g/mol. The Morgan fingerprint density at radius 2 is 1.67 bits per heavy atom. The average molecular weight is 698 g/mol. The first-order valence-electron chi connectivity index (χ1n) is 16.4. The van der Waals surface area contributed by atoms with E-state index in [1.165, 1.54) is 17.1 Å². The zero-order chi connectivity index (χ0) is 35.9. The van der Waals surface area contributed by atoms with Crippen molar-refractivity contribution < 1.29 is 43.3 Å². The number of aromatic nitrogens is 4. The molecule has 264 valence electrons. The standard InChI is InChI=1S/C35H35N7O9/c1-39-11-13-41(14-12-39)26(43)10-6-7-22-20-42(23-8-4-3-5-9-23)34(37-22)38-32(46)24-15-25-31-29(21-18-36-40(2)19-21)30(24)50-28(45)17-35(48,33(47)51-31)16-27(44)49-25/h3-5,8-9,15,18-20,48H,6-7,10-14,16-17H2,1-2H3,(H,37,38,46). The molecule has 1 atom stereocenters. The lowest BCUT2D eigenvalue weighted by molar-refractivity contribution is -0.168.